The van der Waals surface area contributed by atoms with Crippen molar-refractivity contribution in [2.24, 2.45) is 0 Å². The molecular formula is C14H10F2N2. The molecule has 0 saturated carbocycles. The summed E-state index contributed by atoms with van der Waals surface area (Å²) < 4.78 is 26.9. The van der Waals surface area contributed by atoms with E-state index in [1.54, 1.807) is 18.5 Å². The van der Waals surface area contributed by atoms with Crippen LogP contribution in [-0.4, -0.2) is 9.97 Å². The minimum atomic E-state index is -0.580. The van der Waals surface area contributed by atoms with Crippen LogP contribution in [0.15, 0.2) is 36.7 Å². The molecule has 90 valence electrons. The second-order valence-corrected chi connectivity index (χ2v) is 4.18. The van der Waals surface area contributed by atoms with E-state index in [4.69, 9.17) is 0 Å². The van der Waals surface area contributed by atoms with Crippen LogP contribution in [0.1, 0.15) is 5.56 Å². The number of halogens is 2. The molecular weight excluding hydrogens is 234 g/mol. The molecule has 0 aliphatic heterocycles. The molecule has 18 heavy (non-hydrogen) atoms. The van der Waals surface area contributed by atoms with Gasteiger partial charge in [0.2, 0.25) is 0 Å². The van der Waals surface area contributed by atoms with Crippen LogP contribution in [0.5, 0.6) is 0 Å². The smallest absolute Gasteiger partial charge is 0.150 e. The number of nitrogens with zero attached hydrogens (tertiary/aromatic N) is 1. The van der Waals surface area contributed by atoms with Crippen LogP contribution >= 0.6 is 0 Å². The molecule has 0 amide bonds. The number of fused-ring (bicyclic) bond motifs is 1. The Morgan fingerprint density at radius 1 is 1.22 bits per heavy atom. The first-order valence-electron chi connectivity index (χ1n) is 5.54. The summed E-state index contributed by atoms with van der Waals surface area (Å²) in [4.78, 5) is 7.02. The summed E-state index contributed by atoms with van der Waals surface area (Å²) in [6, 6.07) is 5.89. The summed E-state index contributed by atoms with van der Waals surface area (Å²) in [7, 11) is 0. The first-order chi connectivity index (χ1) is 8.66. The standard InChI is InChI=1S/C14H10F2N2/c1-8-11-5-10(15)6-12(16)14(11)18-13(8)9-3-2-4-17-7-9/h2-7,18H,1H3. The molecule has 2 nitrogen and oxygen atoms in total. The van der Waals surface area contributed by atoms with Gasteiger partial charge in [-0.3, -0.25) is 4.98 Å². The van der Waals surface area contributed by atoms with Crippen molar-refractivity contribution in [3.8, 4) is 11.3 Å². The zero-order chi connectivity index (χ0) is 12.7. The van der Waals surface area contributed by atoms with Crippen molar-refractivity contribution in [3.05, 3.63) is 53.9 Å². The van der Waals surface area contributed by atoms with Gasteiger partial charge in [0, 0.05) is 29.4 Å². The quantitative estimate of drug-likeness (QED) is 0.692. The van der Waals surface area contributed by atoms with Crippen molar-refractivity contribution in [2.45, 2.75) is 6.92 Å². The minimum absolute atomic E-state index is 0.327. The molecule has 1 aromatic carbocycles. The number of pyridine rings is 1. The highest BCUT2D eigenvalue weighted by Gasteiger charge is 2.13. The summed E-state index contributed by atoms with van der Waals surface area (Å²) in [5.41, 5.74) is 2.76. The Bertz CT molecular complexity index is 717. The molecule has 3 rings (SSSR count). The third-order valence-corrected chi connectivity index (χ3v) is 3.03. The number of aryl methyl sites for hydroxylation is 1. The predicted octanol–water partition coefficient (Wildman–Crippen LogP) is 3.82. The van der Waals surface area contributed by atoms with E-state index in [9.17, 15) is 8.78 Å². The van der Waals surface area contributed by atoms with Crippen molar-refractivity contribution >= 4 is 10.9 Å². The molecule has 0 fully saturated rings. The highest BCUT2D eigenvalue weighted by Crippen LogP contribution is 2.30. The van der Waals surface area contributed by atoms with Gasteiger partial charge in [-0.05, 0) is 30.7 Å². The van der Waals surface area contributed by atoms with E-state index in [2.05, 4.69) is 9.97 Å². The van der Waals surface area contributed by atoms with Gasteiger partial charge in [0.15, 0.2) is 0 Å². The molecule has 0 unspecified atom stereocenters. The van der Waals surface area contributed by atoms with Gasteiger partial charge in [-0.25, -0.2) is 8.78 Å². The van der Waals surface area contributed by atoms with E-state index in [0.717, 1.165) is 22.9 Å². The summed E-state index contributed by atoms with van der Waals surface area (Å²) in [5, 5.41) is 0.561. The Morgan fingerprint density at radius 3 is 2.78 bits per heavy atom. The summed E-state index contributed by atoms with van der Waals surface area (Å²) in [6.45, 7) is 1.83. The van der Waals surface area contributed by atoms with Crippen LogP contribution in [0.25, 0.3) is 22.2 Å². The highest BCUT2D eigenvalue weighted by molar-refractivity contribution is 5.90. The number of rotatable bonds is 1. The number of hydrogen-bond acceptors (Lipinski definition) is 1. The van der Waals surface area contributed by atoms with Crippen LogP contribution in [-0.2, 0) is 0 Å². The lowest BCUT2D eigenvalue weighted by molar-refractivity contribution is 0.591. The van der Waals surface area contributed by atoms with Gasteiger partial charge in [-0.1, -0.05) is 0 Å². The van der Waals surface area contributed by atoms with Gasteiger partial charge in [0.25, 0.3) is 0 Å². The molecule has 1 N–H and O–H groups in total. The van der Waals surface area contributed by atoms with Crippen LogP contribution in [0.3, 0.4) is 0 Å². The number of H-pyrrole nitrogens is 1. The molecule has 0 spiro atoms. The van der Waals surface area contributed by atoms with Crippen LogP contribution in [0.4, 0.5) is 8.78 Å². The monoisotopic (exact) mass is 244 g/mol. The molecule has 0 radical (unpaired) electrons. The summed E-state index contributed by atoms with van der Waals surface area (Å²) in [6.07, 6.45) is 3.35. The number of benzene rings is 1. The minimum Gasteiger partial charge on any atom is -0.352 e. The fourth-order valence-electron chi connectivity index (χ4n) is 2.15. The topological polar surface area (TPSA) is 28.7 Å². The number of nitrogens with one attached hydrogen (secondary N) is 1. The number of aromatic amines is 1. The Morgan fingerprint density at radius 2 is 2.06 bits per heavy atom. The van der Waals surface area contributed by atoms with Gasteiger partial charge in [0.1, 0.15) is 11.6 Å². The SMILES string of the molecule is Cc1c(-c2cccnc2)[nH]c2c(F)cc(F)cc12. The number of aromatic nitrogens is 2. The molecule has 2 heterocycles. The van der Waals surface area contributed by atoms with Crippen LogP contribution in [0, 0.1) is 18.6 Å². The van der Waals surface area contributed by atoms with E-state index in [-0.39, 0.29) is 0 Å². The lowest BCUT2D eigenvalue weighted by Crippen LogP contribution is -1.81. The average Bonchev–Trinajstić information content (AvgIpc) is 2.69. The van der Waals surface area contributed by atoms with E-state index in [1.807, 2.05) is 13.0 Å². The second-order valence-electron chi connectivity index (χ2n) is 4.18. The lowest BCUT2D eigenvalue weighted by atomic mass is 10.1. The summed E-state index contributed by atoms with van der Waals surface area (Å²) in [5.74, 6) is -1.15. The molecule has 0 aliphatic carbocycles. The van der Waals surface area contributed by atoms with E-state index in [0.29, 0.717) is 10.9 Å². The fraction of sp³-hybridized carbons (Fsp3) is 0.0714. The van der Waals surface area contributed by atoms with Gasteiger partial charge in [0.05, 0.1) is 11.2 Å². The van der Waals surface area contributed by atoms with Crippen molar-refractivity contribution in [1.82, 2.24) is 9.97 Å². The zero-order valence-corrected chi connectivity index (χ0v) is 9.67. The Hall–Kier alpha value is -2.23. The third kappa shape index (κ3) is 1.57. The molecule has 0 bridgehead atoms. The fourth-order valence-corrected chi connectivity index (χ4v) is 2.15. The van der Waals surface area contributed by atoms with Crippen LogP contribution < -0.4 is 0 Å². The average molecular weight is 244 g/mol. The molecule has 0 atom stereocenters. The maximum Gasteiger partial charge on any atom is 0.150 e. The Labute approximate surface area is 102 Å². The Balaban J connectivity index is 2.33. The van der Waals surface area contributed by atoms with Gasteiger partial charge in [-0.15, -0.1) is 0 Å². The number of hydrogen-bond donors (Lipinski definition) is 1. The lowest BCUT2D eigenvalue weighted by Gasteiger charge is -1.98. The second kappa shape index (κ2) is 3.91. The van der Waals surface area contributed by atoms with Gasteiger partial charge < -0.3 is 4.98 Å². The zero-order valence-electron chi connectivity index (χ0n) is 9.67. The first kappa shape index (κ1) is 10.9. The van der Waals surface area contributed by atoms with Crippen molar-refractivity contribution < 1.29 is 8.78 Å². The maximum absolute atomic E-state index is 13.7. The largest absolute Gasteiger partial charge is 0.352 e. The molecule has 3 aromatic rings. The normalized spacial score (nSPS) is 11.1. The Kier molecular flexibility index (Phi) is 2.37. The molecule has 4 heteroatoms. The van der Waals surface area contributed by atoms with E-state index >= 15 is 0 Å². The summed E-state index contributed by atoms with van der Waals surface area (Å²) >= 11 is 0. The first-order valence-corrected chi connectivity index (χ1v) is 5.54. The van der Waals surface area contributed by atoms with E-state index in [1.165, 1.54) is 6.07 Å². The van der Waals surface area contributed by atoms with Crippen molar-refractivity contribution in [2.75, 3.05) is 0 Å². The predicted molar refractivity (Wildman–Crippen MR) is 66.2 cm³/mol. The maximum atomic E-state index is 13.7. The van der Waals surface area contributed by atoms with Gasteiger partial charge in [-0.2, -0.15) is 0 Å². The molecule has 0 saturated heterocycles. The van der Waals surface area contributed by atoms with Crippen LogP contribution in [0.2, 0.25) is 0 Å². The molecule has 2 aromatic heterocycles. The highest BCUT2D eigenvalue weighted by atomic mass is 19.1. The van der Waals surface area contributed by atoms with Crippen molar-refractivity contribution in [1.29, 1.82) is 0 Å². The van der Waals surface area contributed by atoms with Crippen molar-refractivity contribution in [3.63, 3.8) is 0 Å². The van der Waals surface area contributed by atoms with E-state index < -0.39 is 11.6 Å². The third-order valence-electron chi connectivity index (χ3n) is 3.03. The molecule has 0 aliphatic rings. The van der Waals surface area contributed by atoms with Gasteiger partial charge >= 0.3 is 0 Å².